The highest BCUT2D eigenvalue weighted by Crippen LogP contribution is 2.33. The zero-order valence-electron chi connectivity index (χ0n) is 16.6. The summed E-state index contributed by atoms with van der Waals surface area (Å²) in [4.78, 5) is 13.2. The topological polar surface area (TPSA) is 71.3 Å². The Morgan fingerprint density at radius 1 is 1.00 bits per heavy atom. The largest absolute Gasteiger partial charge is 0.493 e. The van der Waals surface area contributed by atoms with Gasteiger partial charge in [-0.2, -0.15) is 5.26 Å². The van der Waals surface area contributed by atoms with Crippen molar-refractivity contribution >= 4 is 11.6 Å². The van der Waals surface area contributed by atoms with E-state index in [0.29, 0.717) is 22.6 Å². The number of methoxy groups -OCH3 is 1. The lowest BCUT2D eigenvalue weighted by molar-refractivity contribution is -0.123. The lowest BCUT2D eigenvalue weighted by Crippen LogP contribution is -2.26. The van der Waals surface area contributed by atoms with E-state index in [-0.39, 0.29) is 5.91 Å². The first-order chi connectivity index (χ1) is 14.0. The molecule has 0 aliphatic heterocycles. The summed E-state index contributed by atoms with van der Waals surface area (Å²) in [5, 5.41) is 12.1. The lowest BCUT2D eigenvalue weighted by Gasteiger charge is -2.21. The first kappa shape index (κ1) is 20.0. The molecule has 0 saturated carbocycles. The van der Waals surface area contributed by atoms with E-state index in [2.05, 4.69) is 11.4 Å². The number of amides is 1. The fourth-order valence-corrected chi connectivity index (χ4v) is 2.93. The van der Waals surface area contributed by atoms with Crippen LogP contribution in [0.5, 0.6) is 11.5 Å². The Kier molecular flexibility index (Phi) is 6.16. The monoisotopic (exact) mass is 386 g/mol. The van der Waals surface area contributed by atoms with E-state index < -0.39 is 6.10 Å². The Bertz CT molecular complexity index is 1060. The first-order valence-electron chi connectivity index (χ1n) is 9.19. The average Bonchev–Trinajstić information content (AvgIpc) is 2.75. The molecule has 1 N–H and O–H groups in total. The molecule has 3 aromatic carbocycles. The van der Waals surface area contributed by atoms with Gasteiger partial charge in [-0.1, -0.05) is 42.5 Å². The van der Waals surface area contributed by atoms with Crippen LogP contribution >= 0.6 is 0 Å². The number of nitriles is 1. The van der Waals surface area contributed by atoms with E-state index in [1.807, 2.05) is 62.4 Å². The number of benzene rings is 3. The molecule has 0 aromatic heterocycles. The smallest absolute Gasteiger partial charge is 0.270 e. The number of nitrogens with zero attached hydrogens (tertiary/aromatic N) is 1. The molecular formula is C24H22N2O3. The molecule has 146 valence electrons. The van der Waals surface area contributed by atoms with Crippen molar-refractivity contribution in [2.24, 2.45) is 0 Å². The molecule has 0 radical (unpaired) electrons. The Morgan fingerprint density at radius 3 is 2.45 bits per heavy atom. The zero-order chi connectivity index (χ0) is 20.8. The Hall–Kier alpha value is -3.78. The second-order valence-corrected chi connectivity index (χ2v) is 6.69. The average molecular weight is 386 g/mol. The molecule has 0 spiro atoms. The van der Waals surface area contributed by atoms with Gasteiger partial charge >= 0.3 is 0 Å². The molecule has 5 nitrogen and oxygen atoms in total. The van der Waals surface area contributed by atoms with Gasteiger partial charge in [0.15, 0.2) is 11.5 Å². The molecule has 3 aromatic rings. The van der Waals surface area contributed by atoms with Gasteiger partial charge in [-0.15, -0.1) is 0 Å². The van der Waals surface area contributed by atoms with Gasteiger partial charge in [0.05, 0.1) is 18.7 Å². The maximum absolute atomic E-state index is 13.2. The zero-order valence-corrected chi connectivity index (χ0v) is 16.6. The fourth-order valence-electron chi connectivity index (χ4n) is 2.93. The number of rotatable bonds is 6. The SMILES string of the molecule is COc1cc(C#N)ccc1O[C@H](C(=O)Nc1cc(C)ccc1C)c1ccccc1. The first-order valence-corrected chi connectivity index (χ1v) is 9.19. The van der Waals surface area contributed by atoms with E-state index in [1.165, 1.54) is 7.11 Å². The minimum absolute atomic E-state index is 0.295. The van der Waals surface area contributed by atoms with Gasteiger partial charge in [0.25, 0.3) is 5.91 Å². The second kappa shape index (κ2) is 8.94. The highest BCUT2D eigenvalue weighted by Gasteiger charge is 2.25. The van der Waals surface area contributed by atoms with Crippen molar-refractivity contribution in [3.63, 3.8) is 0 Å². The number of aryl methyl sites for hydroxylation is 2. The number of ether oxygens (including phenoxy) is 2. The fraction of sp³-hybridized carbons (Fsp3) is 0.167. The van der Waals surface area contributed by atoms with Crippen LogP contribution in [-0.2, 0) is 4.79 Å². The third kappa shape index (κ3) is 4.74. The van der Waals surface area contributed by atoms with Crippen molar-refractivity contribution in [3.05, 3.63) is 89.0 Å². The summed E-state index contributed by atoms with van der Waals surface area (Å²) in [5.74, 6) is 0.484. The summed E-state index contributed by atoms with van der Waals surface area (Å²) >= 11 is 0. The minimum Gasteiger partial charge on any atom is -0.493 e. The highest BCUT2D eigenvalue weighted by atomic mass is 16.5. The third-order valence-corrected chi connectivity index (χ3v) is 4.53. The number of carbonyl (C=O) groups is 1. The third-order valence-electron chi connectivity index (χ3n) is 4.53. The number of carbonyl (C=O) groups excluding carboxylic acids is 1. The normalized spacial score (nSPS) is 11.2. The van der Waals surface area contributed by atoms with Gasteiger partial charge in [0, 0.05) is 17.3 Å². The number of hydrogen-bond donors (Lipinski definition) is 1. The van der Waals surface area contributed by atoms with E-state index in [1.54, 1.807) is 18.2 Å². The van der Waals surface area contributed by atoms with Crippen LogP contribution in [0.1, 0.15) is 28.4 Å². The molecule has 0 heterocycles. The molecule has 1 atom stereocenters. The molecule has 0 fully saturated rings. The number of anilines is 1. The molecule has 5 heteroatoms. The molecular weight excluding hydrogens is 364 g/mol. The highest BCUT2D eigenvalue weighted by molar-refractivity contribution is 5.95. The van der Waals surface area contributed by atoms with Crippen LogP contribution in [0.25, 0.3) is 0 Å². The lowest BCUT2D eigenvalue weighted by atomic mass is 10.1. The van der Waals surface area contributed by atoms with Crippen LogP contribution in [0.2, 0.25) is 0 Å². The summed E-state index contributed by atoms with van der Waals surface area (Å²) in [6.07, 6.45) is -0.891. The standard InChI is InChI=1S/C24H22N2O3/c1-16-9-10-17(2)20(13-16)26-24(27)23(19-7-5-4-6-8-19)29-21-12-11-18(15-25)14-22(21)28-3/h4-14,23H,1-3H3,(H,26,27)/t23-/m0/s1. The van der Waals surface area contributed by atoms with Crippen LogP contribution in [0.4, 0.5) is 5.69 Å². The molecule has 29 heavy (non-hydrogen) atoms. The van der Waals surface area contributed by atoms with Crippen molar-refractivity contribution in [1.82, 2.24) is 0 Å². The van der Waals surface area contributed by atoms with Crippen LogP contribution in [0, 0.1) is 25.2 Å². The Morgan fingerprint density at radius 2 is 1.76 bits per heavy atom. The second-order valence-electron chi connectivity index (χ2n) is 6.69. The molecule has 0 aliphatic rings. The van der Waals surface area contributed by atoms with Crippen LogP contribution < -0.4 is 14.8 Å². The van der Waals surface area contributed by atoms with Gasteiger partial charge in [0.2, 0.25) is 6.10 Å². The molecule has 0 unspecified atom stereocenters. The van der Waals surface area contributed by atoms with Crippen molar-refractivity contribution in [3.8, 4) is 17.6 Å². The molecule has 3 rings (SSSR count). The summed E-state index contributed by atoms with van der Waals surface area (Å²) in [6.45, 7) is 3.92. The minimum atomic E-state index is -0.891. The molecule has 0 bridgehead atoms. The summed E-state index contributed by atoms with van der Waals surface area (Å²) in [7, 11) is 1.50. The Labute approximate surface area is 170 Å². The van der Waals surface area contributed by atoms with Gasteiger partial charge in [-0.3, -0.25) is 4.79 Å². The predicted molar refractivity (Wildman–Crippen MR) is 112 cm³/mol. The predicted octanol–water partition coefficient (Wildman–Crippen LogP) is 4.94. The van der Waals surface area contributed by atoms with Crippen molar-refractivity contribution in [2.45, 2.75) is 20.0 Å². The van der Waals surface area contributed by atoms with Crippen molar-refractivity contribution in [2.75, 3.05) is 12.4 Å². The van der Waals surface area contributed by atoms with Gasteiger partial charge in [-0.25, -0.2) is 0 Å². The Balaban J connectivity index is 1.95. The molecule has 0 aliphatic carbocycles. The molecule has 1 amide bonds. The van der Waals surface area contributed by atoms with Crippen LogP contribution in [0.3, 0.4) is 0 Å². The van der Waals surface area contributed by atoms with E-state index in [0.717, 1.165) is 16.8 Å². The van der Waals surface area contributed by atoms with Crippen molar-refractivity contribution in [1.29, 1.82) is 5.26 Å². The van der Waals surface area contributed by atoms with Gasteiger partial charge < -0.3 is 14.8 Å². The summed E-state index contributed by atoms with van der Waals surface area (Å²) in [5.41, 5.74) is 3.92. The molecule has 0 saturated heterocycles. The summed E-state index contributed by atoms with van der Waals surface area (Å²) < 4.78 is 11.4. The van der Waals surface area contributed by atoms with Gasteiger partial charge in [0.1, 0.15) is 0 Å². The number of nitrogens with one attached hydrogen (secondary N) is 1. The maximum Gasteiger partial charge on any atom is 0.270 e. The van der Waals surface area contributed by atoms with Crippen LogP contribution in [-0.4, -0.2) is 13.0 Å². The van der Waals surface area contributed by atoms with E-state index in [4.69, 9.17) is 14.7 Å². The van der Waals surface area contributed by atoms with Gasteiger partial charge in [-0.05, 0) is 43.2 Å². The quantitative estimate of drug-likeness (QED) is 0.651. The summed E-state index contributed by atoms with van der Waals surface area (Å²) in [6, 6.07) is 22.1. The van der Waals surface area contributed by atoms with E-state index >= 15 is 0 Å². The van der Waals surface area contributed by atoms with Crippen LogP contribution in [0.15, 0.2) is 66.7 Å². The maximum atomic E-state index is 13.2. The van der Waals surface area contributed by atoms with E-state index in [9.17, 15) is 4.79 Å². The number of hydrogen-bond acceptors (Lipinski definition) is 4. The van der Waals surface area contributed by atoms with Crippen molar-refractivity contribution < 1.29 is 14.3 Å².